The molecule has 1 fully saturated rings. The topological polar surface area (TPSA) is 52.4 Å². The van der Waals surface area contributed by atoms with Crippen LogP contribution in [0.2, 0.25) is 0 Å². The molecular weight excluding hydrogens is 436 g/mol. The van der Waals surface area contributed by atoms with Crippen molar-refractivity contribution in [3.05, 3.63) is 128 Å². The summed E-state index contributed by atoms with van der Waals surface area (Å²) in [6.45, 7) is 7.97. The van der Waals surface area contributed by atoms with E-state index in [0.717, 1.165) is 39.0 Å². The molecule has 34 heavy (non-hydrogen) atoms. The van der Waals surface area contributed by atoms with Crippen molar-refractivity contribution in [1.29, 1.82) is 0 Å². The van der Waals surface area contributed by atoms with Gasteiger partial charge in [0.1, 0.15) is 17.7 Å². The Balaban J connectivity index is 2.06. The fourth-order valence-corrected chi connectivity index (χ4v) is 4.71. The lowest BCUT2D eigenvalue weighted by Crippen LogP contribution is -2.21. The number of halogens is 2. The highest BCUT2D eigenvalue weighted by molar-refractivity contribution is 5.86. The van der Waals surface area contributed by atoms with Gasteiger partial charge in [0.15, 0.2) is 0 Å². The monoisotopic (exact) mass is 461 g/mol. The van der Waals surface area contributed by atoms with Crippen molar-refractivity contribution in [3.63, 3.8) is 0 Å². The Morgan fingerprint density at radius 2 is 1.32 bits per heavy atom. The first kappa shape index (κ1) is 23.5. The van der Waals surface area contributed by atoms with Gasteiger partial charge in [-0.1, -0.05) is 29.8 Å². The van der Waals surface area contributed by atoms with Crippen LogP contribution >= 0.6 is 0 Å². The van der Waals surface area contributed by atoms with Gasteiger partial charge in [-0.15, -0.1) is 0 Å². The van der Waals surface area contributed by atoms with E-state index in [1.807, 2.05) is 27.7 Å². The molecule has 0 spiro atoms. The molecule has 1 unspecified atom stereocenters. The average Bonchev–Trinajstić information content (AvgIpc) is 3.07. The summed E-state index contributed by atoms with van der Waals surface area (Å²) in [6.07, 6.45) is -0.536. The maximum Gasteiger partial charge on any atom is 0.269 e. The van der Waals surface area contributed by atoms with Gasteiger partial charge in [0.2, 0.25) is 0 Å². The number of nitro benzene ring substituents is 1. The summed E-state index contributed by atoms with van der Waals surface area (Å²) in [6, 6.07) is 18.7. The van der Waals surface area contributed by atoms with E-state index in [1.54, 1.807) is 36.4 Å². The highest BCUT2D eigenvalue weighted by atomic mass is 19.1. The number of benzene rings is 3. The van der Waals surface area contributed by atoms with E-state index < -0.39 is 16.6 Å². The summed E-state index contributed by atoms with van der Waals surface area (Å²) in [4.78, 5) is 10.7. The summed E-state index contributed by atoms with van der Waals surface area (Å²) >= 11 is 0. The third-order valence-corrected chi connectivity index (χ3v) is 5.99. The maximum absolute atomic E-state index is 13.8. The van der Waals surface area contributed by atoms with Crippen molar-refractivity contribution in [3.8, 4) is 0 Å². The molecule has 0 saturated carbocycles. The first-order chi connectivity index (χ1) is 16.1. The zero-order chi connectivity index (χ0) is 24.6. The molecule has 1 saturated heterocycles. The van der Waals surface area contributed by atoms with Gasteiger partial charge in [-0.2, -0.15) is 0 Å². The molecule has 0 amide bonds. The molecule has 0 bridgehead atoms. The molecule has 1 atom stereocenters. The van der Waals surface area contributed by atoms with Crippen molar-refractivity contribution in [2.45, 2.75) is 39.4 Å². The predicted molar refractivity (Wildman–Crippen MR) is 128 cm³/mol. The van der Waals surface area contributed by atoms with E-state index in [4.69, 9.17) is 4.74 Å². The van der Waals surface area contributed by atoms with Crippen molar-refractivity contribution in [2.24, 2.45) is 0 Å². The molecule has 1 aliphatic rings. The molecule has 6 heteroatoms. The molecular formula is C28H25F2NO3. The fraction of sp³-hybridized carbons (Fsp3) is 0.214. The molecule has 3 aromatic carbocycles. The molecule has 1 heterocycles. The van der Waals surface area contributed by atoms with Gasteiger partial charge in [0, 0.05) is 12.1 Å². The Bertz CT molecular complexity index is 1240. The lowest BCUT2D eigenvalue weighted by atomic mass is 9.81. The van der Waals surface area contributed by atoms with E-state index in [1.165, 1.54) is 36.4 Å². The molecule has 174 valence electrons. The lowest BCUT2D eigenvalue weighted by Gasteiger charge is -2.22. The summed E-state index contributed by atoms with van der Waals surface area (Å²) in [7, 11) is 0. The van der Waals surface area contributed by atoms with Crippen molar-refractivity contribution in [2.75, 3.05) is 0 Å². The van der Waals surface area contributed by atoms with Crippen molar-refractivity contribution in [1.82, 2.24) is 0 Å². The summed E-state index contributed by atoms with van der Waals surface area (Å²) in [5, 5.41) is 11.2. The molecule has 0 N–H and O–H groups in total. The molecule has 4 rings (SSSR count). The number of nitro groups is 1. The van der Waals surface area contributed by atoms with Crippen molar-refractivity contribution < 1.29 is 18.4 Å². The molecule has 0 aromatic heterocycles. The minimum atomic E-state index is -0.661. The van der Waals surface area contributed by atoms with E-state index in [-0.39, 0.29) is 17.3 Å². The minimum Gasteiger partial charge on any atom is -0.358 e. The van der Waals surface area contributed by atoms with E-state index >= 15 is 0 Å². The van der Waals surface area contributed by atoms with Crippen LogP contribution in [0.1, 0.15) is 50.5 Å². The number of ether oxygens (including phenoxy) is 1. The van der Waals surface area contributed by atoms with Crippen LogP contribution in [0.4, 0.5) is 14.5 Å². The zero-order valence-electron chi connectivity index (χ0n) is 19.4. The third kappa shape index (κ3) is 4.41. The Morgan fingerprint density at radius 1 is 0.853 bits per heavy atom. The standard InChI is InChI=1S/C28H25F2NO3/c1-17(2)26-25(27(34-28(26,3)4)20-9-15-23(16-10-20)31(32)33)24(18-5-11-21(29)12-6-18)19-7-13-22(30)14-8-19/h5-16,27H,1-4H3. The first-order valence-electron chi connectivity index (χ1n) is 10.9. The second-order valence-electron chi connectivity index (χ2n) is 9.03. The third-order valence-electron chi connectivity index (χ3n) is 5.99. The number of hydrogen-bond donors (Lipinski definition) is 0. The van der Waals surface area contributed by atoms with Crippen LogP contribution in [0.3, 0.4) is 0 Å². The van der Waals surface area contributed by atoms with Gasteiger partial charge >= 0.3 is 0 Å². The molecule has 1 aliphatic heterocycles. The number of allylic oxidation sites excluding steroid dienone is 1. The summed E-state index contributed by atoms with van der Waals surface area (Å²) in [5.74, 6) is -0.714. The minimum absolute atomic E-state index is 0.00809. The Morgan fingerprint density at radius 3 is 1.74 bits per heavy atom. The van der Waals surface area contributed by atoms with Gasteiger partial charge in [-0.25, -0.2) is 8.78 Å². The molecule has 0 radical (unpaired) electrons. The van der Waals surface area contributed by atoms with Gasteiger partial charge in [-0.05, 0) is 97.5 Å². The average molecular weight is 462 g/mol. The van der Waals surface area contributed by atoms with Crippen LogP contribution in [0.5, 0.6) is 0 Å². The Kier molecular flexibility index (Phi) is 6.19. The molecule has 4 nitrogen and oxygen atoms in total. The van der Waals surface area contributed by atoms with E-state index in [9.17, 15) is 18.9 Å². The maximum atomic E-state index is 13.8. The second kappa shape index (κ2) is 8.95. The fourth-order valence-electron chi connectivity index (χ4n) is 4.71. The second-order valence-corrected chi connectivity index (χ2v) is 9.03. The van der Waals surface area contributed by atoms with Crippen LogP contribution < -0.4 is 0 Å². The first-order valence-corrected chi connectivity index (χ1v) is 10.9. The quantitative estimate of drug-likeness (QED) is 0.298. The van der Waals surface area contributed by atoms with Gasteiger partial charge in [0.05, 0.1) is 10.5 Å². The SMILES string of the molecule is CC(C)=C1C(=C(c2ccc(F)cc2)c2ccc(F)cc2)C(c2ccc([N+](=O)[O-])cc2)OC1(C)C. The molecule has 0 aliphatic carbocycles. The zero-order valence-corrected chi connectivity index (χ0v) is 19.4. The predicted octanol–water partition coefficient (Wildman–Crippen LogP) is 7.56. The lowest BCUT2D eigenvalue weighted by molar-refractivity contribution is -0.384. The highest BCUT2D eigenvalue weighted by Gasteiger charge is 2.44. The Labute approximate surface area is 197 Å². The smallest absolute Gasteiger partial charge is 0.269 e. The highest BCUT2D eigenvalue weighted by Crippen LogP contribution is 2.52. The van der Waals surface area contributed by atoms with Crippen molar-refractivity contribution >= 4 is 11.3 Å². The molecule has 3 aromatic rings. The Hall–Kier alpha value is -3.64. The van der Waals surface area contributed by atoms with Crippen LogP contribution in [0, 0.1) is 21.7 Å². The van der Waals surface area contributed by atoms with Crippen LogP contribution in [-0.2, 0) is 4.74 Å². The van der Waals surface area contributed by atoms with Crippen LogP contribution in [-0.4, -0.2) is 10.5 Å². The summed E-state index contributed by atoms with van der Waals surface area (Å²) in [5.41, 5.74) is 5.31. The number of rotatable bonds is 4. The van der Waals surface area contributed by atoms with Gasteiger partial charge in [-0.3, -0.25) is 10.1 Å². The summed E-state index contributed by atoms with van der Waals surface area (Å²) < 4.78 is 34.2. The number of non-ortho nitro benzene ring substituents is 1. The number of nitrogens with zero attached hydrogens (tertiary/aromatic N) is 1. The normalized spacial score (nSPS) is 17.1. The van der Waals surface area contributed by atoms with Crippen LogP contribution in [0.25, 0.3) is 5.57 Å². The van der Waals surface area contributed by atoms with Gasteiger partial charge in [0.25, 0.3) is 5.69 Å². The van der Waals surface area contributed by atoms with E-state index in [2.05, 4.69) is 0 Å². The number of hydrogen-bond acceptors (Lipinski definition) is 3. The van der Waals surface area contributed by atoms with Crippen LogP contribution in [0.15, 0.2) is 89.5 Å². The van der Waals surface area contributed by atoms with E-state index in [0.29, 0.717) is 0 Å². The largest absolute Gasteiger partial charge is 0.358 e. The van der Waals surface area contributed by atoms with Gasteiger partial charge < -0.3 is 4.74 Å².